The van der Waals surface area contributed by atoms with Crippen molar-refractivity contribution >= 4 is 18.3 Å². The summed E-state index contributed by atoms with van der Waals surface area (Å²) in [6.45, 7) is -0.488. The number of rotatable bonds is 5. The molecule has 0 aromatic carbocycles. The number of hydrogen-bond donors (Lipinski definition) is 2. The SMILES string of the molecule is Cl.O=C(NCCOCC(F)(F)F)C1CCCN1. The highest BCUT2D eigenvalue weighted by Gasteiger charge is 2.27. The van der Waals surface area contributed by atoms with E-state index in [1.807, 2.05) is 0 Å². The third-order valence-corrected chi connectivity index (χ3v) is 2.19. The molecule has 0 aliphatic carbocycles. The van der Waals surface area contributed by atoms with Gasteiger partial charge in [-0.2, -0.15) is 13.2 Å². The highest BCUT2D eigenvalue weighted by Crippen LogP contribution is 2.13. The van der Waals surface area contributed by atoms with Crippen LogP contribution in [-0.4, -0.2) is 44.4 Å². The number of ether oxygens (including phenoxy) is 1. The monoisotopic (exact) mass is 276 g/mol. The second-order valence-corrected chi connectivity index (χ2v) is 3.61. The molecule has 1 rings (SSSR count). The molecule has 0 saturated carbocycles. The smallest absolute Gasteiger partial charge is 0.370 e. The van der Waals surface area contributed by atoms with Crippen molar-refractivity contribution in [2.24, 2.45) is 0 Å². The van der Waals surface area contributed by atoms with Gasteiger partial charge < -0.3 is 15.4 Å². The van der Waals surface area contributed by atoms with Crippen molar-refractivity contribution in [1.82, 2.24) is 10.6 Å². The van der Waals surface area contributed by atoms with Gasteiger partial charge in [0.05, 0.1) is 12.6 Å². The Morgan fingerprint density at radius 2 is 2.18 bits per heavy atom. The maximum Gasteiger partial charge on any atom is 0.411 e. The molecule has 1 aliphatic heterocycles. The summed E-state index contributed by atoms with van der Waals surface area (Å²) in [7, 11) is 0. The number of alkyl halides is 3. The Morgan fingerprint density at radius 1 is 1.47 bits per heavy atom. The highest BCUT2D eigenvalue weighted by molar-refractivity contribution is 5.85. The molecule has 0 spiro atoms. The molecule has 1 unspecified atom stereocenters. The summed E-state index contributed by atoms with van der Waals surface area (Å²) in [5, 5.41) is 5.51. The molecule has 0 bridgehead atoms. The van der Waals surface area contributed by atoms with E-state index >= 15 is 0 Å². The van der Waals surface area contributed by atoms with Crippen LogP contribution in [0.4, 0.5) is 13.2 Å². The number of carbonyl (C=O) groups excluding carboxylic acids is 1. The first-order valence-electron chi connectivity index (χ1n) is 5.14. The van der Waals surface area contributed by atoms with Crippen LogP contribution in [0.5, 0.6) is 0 Å². The fraction of sp³-hybridized carbons (Fsp3) is 0.889. The van der Waals surface area contributed by atoms with Crippen LogP contribution < -0.4 is 10.6 Å². The van der Waals surface area contributed by atoms with Crippen LogP contribution >= 0.6 is 12.4 Å². The molecule has 102 valence electrons. The van der Waals surface area contributed by atoms with Gasteiger partial charge in [-0.05, 0) is 19.4 Å². The first kappa shape index (κ1) is 16.5. The fourth-order valence-electron chi connectivity index (χ4n) is 1.47. The van der Waals surface area contributed by atoms with Gasteiger partial charge in [0.15, 0.2) is 0 Å². The summed E-state index contributed by atoms with van der Waals surface area (Å²) in [6, 6.07) is -0.206. The lowest BCUT2D eigenvalue weighted by Gasteiger charge is -2.11. The van der Waals surface area contributed by atoms with Crippen LogP contribution in [0, 0.1) is 0 Å². The quantitative estimate of drug-likeness (QED) is 0.732. The molecule has 0 radical (unpaired) electrons. The molecule has 0 aromatic heterocycles. The lowest BCUT2D eigenvalue weighted by atomic mass is 10.2. The van der Waals surface area contributed by atoms with E-state index in [2.05, 4.69) is 15.4 Å². The lowest BCUT2D eigenvalue weighted by molar-refractivity contribution is -0.173. The molecule has 8 heteroatoms. The second-order valence-electron chi connectivity index (χ2n) is 3.61. The van der Waals surface area contributed by atoms with E-state index in [1.165, 1.54) is 0 Å². The molecule has 1 heterocycles. The van der Waals surface area contributed by atoms with Crippen LogP contribution in [0.1, 0.15) is 12.8 Å². The zero-order valence-corrected chi connectivity index (χ0v) is 10.00. The molecular weight excluding hydrogens is 261 g/mol. The Labute approximate surface area is 104 Å². The molecule has 0 aromatic rings. The van der Waals surface area contributed by atoms with E-state index < -0.39 is 12.8 Å². The average molecular weight is 277 g/mol. The molecule has 2 N–H and O–H groups in total. The van der Waals surface area contributed by atoms with E-state index in [-0.39, 0.29) is 37.5 Å². The number of hydrogen-bond acceptors (Lipinski definition) is 3. The average Bonchev–Trinajstić information content (AvgIpc) is 2.67. The van der Waals surface area contributed by atoms with Crippen LogP contribution in [0.3, 0.4) is 0 Å². The van der Waals surface area contributed by atoms with Crippen molar-refractivity contribution in [2.75, 3.05) is 26.3 Å². The molecule has 1 saturated heterocycles. The summed E-state index contributed by atoms with van der Waals surface area (Å²) in [4.78, 5) is 11.4. The topological polar surface area (TPSA) is 50.4 Å². The largest absolute Gasteiger partial charge is 0.411 e. The first-order valence-corrected chi connectivity index (χ1v) is 5.14. The molecule has 1 aliphatic rings. The lowest BCUT2D eigenvalue weighted by Crippen LogP contribution is -2.41. The standard InChI is InChI=1S/C9H15F3N2O2.ClH/c10-9(11,12)6-16-5-4-14-8(15)7-2-1-3-13-7;/h7,13H,1-6H2,(H,14,15);1H. The normalized spacial score (nSPS) is 19.8. The van der Waals surface area contributed by atoms with Crippen LogP contribution in [0.15, 0.2) is 0 Å². The molecule has 1 fully saturated rings. The van der Waals surface area contributed by atoms with E-state index in [1.54, 1.807) is 0 Å². The number of amides is 1. The van der Waals surface area contributed by atoms with E-state index in [4.69, 9.17) is 0 Å². The molecule has 1 amide bonds. The number of carbonyl (C=O) groups is 1. The minimum atomic E-state index is -4.31. The van der Waals surface area contributed by atoms with Gasteiger partial charge in [-0.3, -0.25) is 4.79 Å². The van der Waals surface area contributed by atoms with Gasteiger partial charge >= 0.3 is 6.18 Å². The fourth-order valence-corrected chi connectivity index (χ4v) is 1.47. The Bertz CT molecular complexity index is 233. The van der Waals surface area contributed by atoms with E-state index in [9.17, 15) is 18.0 Å². The number of halogens is 4. The van der Waals surface area contributed by atoms with E-state index in [0.29, 0.717) is 0 Å². The zero-order chi connectivity index (χ0) is 12.0. The maximum absolute atomic E-state index is 11.7. The van der Waals surface area contributed by atoms with Gasteiger partial charge in [-0.1, -0.05) is 0 Å². The Balaban J connectivity index is 0.00000256. The Morgan fingerprint density at radius 3 is 2.71 bits per heavy atom. The predicted octanol–water partition coefficient (Wildman–Crippen LogP) is 0.855. The maximum atomic E-state index is 11.7. The summed E-state index contributed by atoms with van der Waals surface area (Å²) in [5.41, 5.74) is 0. The van der Waals surface area contributed by atoms with Crippen molar-refractivity contribution in [1.29, 1.82) is 0 Å². The van der Waals surface area contributed by atoms with Crippen molar-refractivity contribution < 1.29 is 22.7 Å². The van der Waals surface area contributed by atoms with Crippen molar-refractivity contribution in [3.63, 3.8) is 0 Å². The number of nitrogens with one attached hydrogen (secondary N) is 2. The molecule has 4 nitrogen and oxygen atoms in total. The van der Waals surface area contributed by atoms with Crippen molar-refractivity contribution in [3.8, 4) is 0 Å². The molecular formula is C9H16ClF3N2O2. The van der Waals surface area contributed by atoms with Crippen molar-refractivity contribution in [3.05, 3.63) is 0 Å². The molecule has 1 atom stereocenters. The first-order chi connectivity index (χ1) is 7.49. The predicted molar refractivity (Wildman–Crippen MR) is 58.2 cm³/mol. The van der Waals surface area contributed by atoms with Gasteiger partial charge in [0.2, 0.25) is 5.91 Å². The van der Waals surface area contributed by atoms with Gasteiger partial charge in [0, 0.05) is 6.54 Å². The minimum absolute atomic E-state index is 0. The second kappa shape index (κ2) is 7.73. The van der Waals surface area contributed by atoms with Crippen LogP contribution in [0.25, 0.3) is 0 Å². The van der Waals surface area contributed by atoms with Gasteiger partial charge in [-0.15, -0.1) is 12.4 Å². The van der Waals surface area contributed by atoms with Crippen molar-refractivity contribution in [2.45, 2.75) is 25.1 Å². The third-order valence-electron chi connectivity index (χ3n) is 2.19. The Kier molecular flexibility index (Phi) is 7.49. The summed E-state index contributed by atoms with van der Waals surface area (Å²) in [6.07, 6.45) is -2.59. The zero-order valence-electron chi connectivity index (χ0n) is 9.18. The van der Waals surface area contributed by atoms with Gasteiger partial charge in [0.1, 0.15) is 6.61 Å². The van der Waals surface area contributed by atoms with Gasteiger partial charge in [-0.25, -0.2) is 0 Å². The van der Waals surface area contributed by atoms with Crippen LogP contribution in [-0.2, 0) is 9.53 Å². The van der Waals surface area contributed by atoms with E-state index in [0.717, 1.165) is 19.4 Å². The third kappa shape index (κ3) is 7.40. The summed E-state index contributed by atoms with van der Waals surface area (Å²) >= 11 is 0. The molecule has 17 heavy (non-hydrogen) atoms. The summed E-state index contributed by atoms with van der Waals surface area (Å²) < 4.78 is 39.3. The minimum Gasteiger partial charge on any atom is -0.370 e. The Hall–Kier alpha value is -0.530. The van der Waals surface area contributed by atoms with Crippen LogP contribution in [0.2, 0.25) is 0 Å². The highest BCUT2D eigenvalue weighted by atomic mass is 35.5. The summed E-state index contributed by atoms with van der Waals surface area (Å²) in [5.74, 6) is -0.173. The van der Waals surface area contributed by atoms with Gasteiger partial charge in [0.25, 0.3) is 0 Å².